The molecule has 0 aliphatic rings. The van der Waals surface area contributed by atoms with Crippen LogP contribution in [0.5, 0.6) is 0 Å². The summed E-state index contributed by atoms with van der Waals surface area (Å²) in [5, 5.41) is 13.5. The molecule has 37 heavy (non-hydrogen) atoms. The molecule has 0 atom stereocenters. The SMILES string of the molecule is CC(=O)OCCN(CCOC(C)=O)c1ccc(C=NNc2nc(-c3ccccc3)c(C#N)c(=O)[nH]2)cc1. The fourth-order valence-corrected chi connectivity index (χ4v) is 3.34. The molecule has 11 nitrogen and oxygen atoms in total. The molecule has 0 radical (unpaired) electrons. The highest BCUT2D eigenvalue weighted by Crippen LogP contribution is 2.19. The summed E-state index contributed by atoms with van der Waals surface area (Å²) in [4.78, 5) is 43.3. The number of hydrogen-bond donors (Lipinski definition) is 2. The first-order chi connectivity index (χ1) is 17.9. The molecule has 0 amide bonds. The molecule has 0 bridgehead atoms. The number of aromatic amines is 1. The first kappa shape index (κ1) is 26.6. The molecular formula is C26H26N6O5. The van der Waals surface area contributed by atoms with Crippen molar-refractivity contribution in [3.05, 3.63) is 76.1 Å². The first-order valence-electron chi connectivity index (χ1n) is 11.4. The molecule has 2 N–H and O–H groups in total. The van der Waals surface area contributed by atoms with E-state index in [9.17, 15) is 19.6 Å². The zero-order valence-electron chi connectivity index (χ0n) is 20.4. The molecule has 1 heterocycles. The lowest BCUT2D eigenvalue weighted by Gasteiger charge is -2.24. The summed E-state index contributed by atoms with van der Waals surface area (Å²) in [6.45, 7) is 3.94. The number of rotatable bonds is 11. The molecule has 0 unspecified atom stereocenters. The Bertz CT molecular complexity index is 1330. The predicted octanol–water partition coefficient (Wildman–Crippen LogP) is 2.69. The van der Waals surface area contributed by atoms with E-state index in [1.807, 2.05) is 41.3 Å². The summed E-state index contributed by atoms with van der Waals surface area (Å²) in [7, 11) is 0. The number of nitrogens with one attached hydrogen (secondary N) is 2. The van der Waals surface area contributed by atoms with Crippen molar-refractivity contribution in [2.75, 3.05) is 36.6 Å². The summed E-state index contributed by atoms with van der Waals surface area (Å²) in [5.41, 5.74) is 4.55. The van der Waals surface area contributed by atoms with Crippen LogP contribution in [-0.4, -0.2) is 54.4 Å². The van der Waals surface area contributed by atoms with Gasteiger partial charge in [-0.25, -0.2) is 10.4 Å². The van der Waals surface area contributed by atoms with Crippen LogP contribution in [0.4, 0.5) is 11.6 Å². The summed E-state index contributed by atoms with van der Waals surface area (Å²) in [5.74, 6) is -0.640. The van der Waals surface area contributed by atoms with E-state index in [0.717, 1.165) is 11.3 Å². The largest absolute Gasteiger partial charge is 0.464 e. The zero-order valence-corrected chi connectivity index (χ0v) is 20.4. The number of aromatic nitrogens is 2. The average molecular weight is 503 g/mol. The highest BCUT2D eigenvalue weighted by Gasteiger charge is 2.13. The zero-order chi connectivity index (χ0) is 26.6. The van der Waals surface area contributed by atoms with Gasteiger partial charge in [-0.15, -0.1) is 0 Å². The lowest BCUT2D eigenvalue weighted by molar-refractivity contribution is -0.141. The third-order valence-corrected chi connectivity index (χ3v) is 5.05. The highest BCUT2D eigenvalue weighted by atomic mass is 16.5. The number of benzene rings is 2. The molecule has 0 aliphatic heterocycles. The molecule has 11 heteroatoms. The van der Waals surface area contributed by atoms with E-state index >= 15 is 0 Å². The number of carbonyl (C=O) groups excluding carboxylic acids is 2. The van der Waals surface area contributed by atoms with Gasteiger partial charge in [-0.2, -0.15) is 10.4 Å². The van der Waals surface area contributed by atoms with Crippen LogP contribution in [-0.2, 0) is 19.1 Å². The Morgan fingerprint density at radius 2 is 1.68 bits per heavy atom. The van der Waals surface area contributed by atoms with Gasteiger partial charge >= 0.3 is 11.9 Å². The van der Waals surface area contributed by atoms with Crippen molar-refractivity contribution in [3.8, 4) is 17.3 Å². The number of anilines is 2. The van der Waals surface area contributed by atoms with Gasteiger partial charge in [0, 0.05) is 25.1 Å². The van der Waals surface area contributed by atoms with E-state index in [2.05, 4.69) is 20.5 Å². The predicted molar refractivity (Wildman–Crippen MR) is 138 cm³/mol. The van der Waals surface area contributed by atoms with Gasteiger partial charge in [0.2, 0.25) is 5.95 Å². The average Bonchev–Trinajstić information content (AvgIpc) is 2.88. The van der Waals surface area contributed by atoms with Crippen molar-refractivity contribution in [1.82, 2.24) is 9.97 Å². The van der Waals surface area contributed by atoms with Crippen LogP contribution in [0.25, 0.3) is 11.3 Å². The maximum absolute atomic E-state index is 12.4. The Morgan fingerprint density at radius 3 is 2.24 bits per heavy atom. The number of nitriles is 1. The fourth-order valence-electron chi connectivity index (χ4n) is 3.34. The normalized spacial score (nSPS) is 10.5. The van der Waals surface area contributed by atoms with Crippen LogP contribution in [0.2, 0.25) is 0 Å². The molecule has 0 aliphatic carbocycles. The number of esters is 2. The van der Waals surface area contributed by atoms with Gasteiger partial charge < -0.3 is 14.4 Å². The third-order valence-electron chi connectivity index (χ3n) is 5.05. The number of nitrogens with zero attached hydrogens (tertiary/aromatic N) is 4. The number of ether oxygens (including phenoxy) is 2. The molecule has 0 fully saturated rings. The van der Waals surface area contributed by atoms with Gasteiger partial charge in [-0.3, -0.25) is 19.4 Å². The third kappa shape index (κ3) is 8.03. The van der Waals surface area contributed by atoms with Gasteiger partial charge in [0.25, 0.3) is 5.56 Å². The molecule has 1 aromatic heterocycles. The van der Waals surface area contributed by atoms with E-state index in [0.29, 0.717) is 18.7 Å². The van der Waals surface area contributed by atoms with Crippen molar-refractivity contribution >= 4 is 29.8 Å². The lowest BCUT2D eigenvalue weighted by atomic mass is 10.1. The fraction of sp³-hybridized carbons (Fsp3) is 0.231. The highest BCUT2D eigenvalue weighted by molar-refractivity contribution is 5.81. The van der Waals surface area contributed by atoms with Gasteiger partial charge in [0.05, 0.1) is 25.0 Å². The van der Waals surface area contributed by atoms with Crippen molar-refractivity contribution in [3.63, 3.8) is 0 Å². The number of H-pyrrole nitrogens is 1. The van der Waals surface area contributed by atoms with Crippen molar-refractivity contribution < 1.29 is 19.1 Å². The smallest absolute Gasteiger partial charge is 0.302 e. The molecule has 3 rings (SSSR count). The molecule has 0 saturated heterocycles. The van der Waals surface area contributed by atoms with Crippen molar-refractivity contribution in [2.45, 2.75) is 13.8 Å². The maximum Gasteiger partial charge on any atom is 0.302 e. The minimum absolute atomic E-state index is 0.0803. The van der Waals surface area contributed by atoms with Gasteiger partial charge in [0.15, 0.2) is 0 Å². The number of hydrogen-bond acceptors (Lipinski definition) is 10. The summed E-state index contributed by atoms with van der Waals surface area (Å²) in [6.07, 6.45) is 1.55. The Hall–Kier alpha value is -4.98. The minimum atomic E-state index is -0.569. The number of carbonyl (C=O) groups is 2. The summed E-state index contributed by atoms with van der Waals surface area (Å²) >= 11 is 0. The van der Waals surface area contributed by atoms with Crippen molar-refractivity contribution in [2.24, 2.45) is 5.10 Å². The maximum atomic E-state index is 12.4. The molecule has 0 saturated carbocycles. The van der Waals surface area contributed by atoms with Crippen molar-refractivity contribution in [1.29, 1.82) is 5.26 Å². The van der Waals surface area contributed by atoms with Gasteiger partial charge in [0.1, 0.15) is 24.8 Å². The van der Waals surface area contributed by atoms with E-state index in [1.165, 1.54) is 13.8 Å². The van der Waals surface area contributed by atoms with Crippen LogP contribution >= 0.6 is 0 Å². The Kier molecular flexibility index (Phi) is 9.50. The van der Waals surface area contributed by atoms with Crippen LogP contribution in [0, 0.1) is 11.3 Å². The topological polar surface area (TPSA) is 150 Å². The summed E-state index contributed by atoms with van der Waals surface area (Å²) in [6, 6.07) is 18.2. The van der Waals surface area contributed by atoms with E-state index < -0.39 is 5.56 Å². The standard InChI is InChI=1S/C26H26N6O5/c1-18(33)36-14-12-32(13-15-37-19(2)34)22-10-8-20(9-11-22)17-28-31-26-29-24(21-6-4-3-5-7-21)23(16-27)25(35)30-26/h3-11,17H,12-15H2,1-2H3,(H2,29,30,31,35). The first-order valence-corrected chi connectivity index (χ1v) is 11.4. The van der Waals surface area contributed by atoms with Gasteiger partial charge in [-0.1, -0.05) is 42.5 Å². The van der Waals surface area contributed by atoms with E-state index in [-0.39, 0.29) is 42.4 Å². The second-order valence-corrected chi connectivity index (χ2v) is 7.74. The quantitative estimate of drug-likeness (QED) is 0.229. The minimum Gasteiger partial charge on any atom is -0.464 e. The molecule has 2 aromatic carbocycles. The van der Waals surface area contributed by atoms with Crippen LogP contribution < -0.4 is 15.9 Å². The second-order valence-electron chi connectivity index (χ2n) is 7.74. The summed E-state index contributed by atoms with van der Waals surface area (Å²) < 4.78 is 10.1. The monoisotopic (exact) mass is 502 g/mol. The van der Waals surface area contributed by atoms with Crippen LogP contribution in [0.3, 0.4) is 0 Å². The van der Waals surface area contributed by atoms with E-state index in [4.69, 9.17) is 9.47 Å². The second kappa shape index (κ2) is 13.2. The lowest BCUT2D eigenvalue weighted by Crippen LogP contribution is -2.31. The molecule has 190 valence electrons. The Morgan fingerprint density at radius 1 is 1.05 bits per heavy atom. The van der Waals surface area contributed by atoms with Crippen LogP contribution in [0.1, 0.15) is 25.0 Å². The Balaban J connectivity index is 1.70. The molecule has 3 aromatic rings. The van der Waals surface area contributed by atoms with Gasteiger partial charge in [-0.05, 0) is 17.7 Å². The van der Waals surface area contributed by atoms with Crippen LogP contribution in [0.15, 0.2) is 64.5 Å². The molecular weight excluding hydrogens is 476 g/mol. The Labute approximate surface area is 213 Å². The van der Waals surface area contributed by atoms with E-state index in [1.54, 1.807) is 30.5 Å². The number of hydrazone groups is 1. The molecule has 0 spiro atoms.